The molecule has 2 rings (SSSR count). The molecule has 0 radical (unpaired) electrons. The van der Waals surface area contributed by atoms with Crippen molar-refractivity contribution in [1.82, 2.24) is 0 Å². The molecule has 2 heteroatoms. The number of rotatable bonds is 0. The van der Waals surface area contributed by atoms with E-state index in [1.807, 2.05) is 36.4 Å². The van der Waals surface area contributed by atoms with Crippen molar-refractivity contribution >= 4 is 5.69 Å². The van der Waals surface area contributed by atoms with Crippen LogP contribution in [0.4, 0.5) is 5.69 Å². The normalized spacial score (nSPS) is 20.6. The molecular weight excluding hydrogens is 232 g/mol. The number of nitrogens with two attached hydrogens (primary N) is 2. The van der Waals surface area contributed by atoms with Gasteiger partial charge < -0.3 is 11.5 Å². The van der Waals surface area contributed by atoms with E-state index in [9.17, 15) is 0 Å². The van der Waals surface area contributed by atoms with Crippen LogP contribution in [0.1, 0.15) is 12.5 Å². The first kappa shape index (κ1) is 13.0. The van der Waals surface area contributed by atoms with Crippen molar-refractivity contribution in [3.05, 3.63) is 53.6 Å². The number of anilines is 1. The monoisotopic (exact) mass is 248 g/mol. The SMILES string of the molecule is CC1C=C(C#CC#Cc2cccc(N)c2)C=CC1N. The van der Waals surface area contributed by atoms with Gasteiger partial charge in [-0.15, -0.1) is 0 Å². The lowest BCUT2D eigenvalue weighted by Gasteiger charge is -2.16. The fourth-order valence-corrected chi connectivity index (χ4v) is 1.75. The quantitative estimate of drug-likeness (QED) is 0.545. The third-order valence-corrected chi connectivity index (χ3v) is 2.91. The molecule has 0 aromatic heterocycles. The van der Waals surface area contributed by atoms with Crippen molar-refractivity contribution in [1.29, 1.82) is 0 Å². The van der Waals surface area contributed by atoms with Crippen LogP contribution in [-0.2, 0) is 0 Å². The highest BCUT2D eigenvalue weighted by molar-refractivity contribution is 5.50. The van der Waals surface area contributed by atoms with E-state index in [2.05, 4.69) is 36.7 Å². The van der Waals surface area contributed by atoms with E-state index >= 15 is 0 Å². The molecule has 4 N–H and O–H groups in total. The van der Waals surface area contributed by atoms with E-state index in [0.717, 1.165) is 11.1 Å². The van der Waals surface area contributed by atoms with Crippen LogP contribution in [0, 0.1) is 29.6 Å². The van der Waals surface area contributed by atoms with Crippen LogP contribution in [0.5, 0.6) is 0 Å². The first-order valence-corrected chi connectivity index (χ1v) is 6.18. The van der Waals surface area contributed by atoms with E-state index in [1.165, 1.54) is 0 Å². The Morgan fingerprint density at radius 3 is 2.68 bits per heavy atom. The molecule has 1 aromatic carbocycles. The molecule has 2 nitrogen and oxygen atoms in total. The van der Waals surface area contributed by atoms with E-state index in [-0.39, 0.29) is 6.04 Å². The summed E-state index contributed by atoms with van der Waals surface area (Å²) in [7, 11) is 0. The molecule has 2 unspecified atom stereocenters. The fourth-order valence-electron chi connectivity index (χ4n) is 1.75. The smallest absolute Gasteiger partial charge is 0.0326 e. The van der Waals surface area contributed by atoms with Crippen molar-refractivity contribution in [3.63, 3.8) is 0 Å². The summed E-state index contributed by atoms with van der Waals surface area (Å²) < 4.78 is 0. The standard InChI is InChI=1S/C17H16N2/c1-13-11-15(9-10-17(13)19)6-3-2-5-14-7-4-8-16(18)12-14/h4,7-13,17H,18-19H2,1H3. The van der Waals surface area contributed by atoms with Gasteiger partial charge in [0.1, 0.15) is 0 Å². The lowest BCUT2D eigenvalue weighted by Crippen LogP contribution is -2.26. The lowest BCUT2D eigenvalue weighted by molar-refractivity contribution is 0.622. The van der Waals surface area contributed by atoms with Gasteiger partial charge in [-0.1, -0.05) is 37.0 Å². The minimum Gasteiger partial charge on any atom is -0.399 e. The van der Waals surface area contributed by atoms with Gasteiger partial charge in [-0.25, -0.2) is 0 Å². The van der Waals surface area contributed by atoms with Gasteiger partial charge in [0.15, 0.2) is 0 Å². The maximum absolute atomic E-state index is 5.87. The van der Waals surface area contributed by atoms with Crippen molar-refractivity contribution in [3.8, 4) is 23.7 Å². The average molecular weight is 248 g/mol. The number of hydrogen-bond donors (Lipinski definition) is 2. The van der Waals surface area contributed by atoms with Crippen LogP contribution in [0.25, 0.3) is 0 Å². The molecule has 0 spiro atoms. The topological polar surface area (TPSA) is 52.0 Å². The first-order valence-electron chi connectivity index (χ1n) is 6.18. The van der Waals surface area contributed by atoms with Gasteiger partial charge in [-0.05, 0) is 42.0 Å². The van der Waals surface area contributed by atoms with E-state index < -0.39 is 0 Å². The molecule has 0 fully saturated rings. The molecule has 0 saturated carbocycles. The Morgan fingerprint density at radius 2 is 1.95 bits per heavy atom. The molecule has 0 bridgehead atoms. The van der Waals surface area contributed by atoms with Crippen LogP contribution >= 0.6 is 0 Å². The summed E-state index contributed by atoms with van der Waals surface area (Å²) in [6, 6.07) is 7.53. The average Bonchev–Trinajstić information content (AvgIpc) is 2.39. The number of hydrogen-bond acceptors (Lipinski definition) is 2. The Balaban J connectivity index is 2.07. The highest BCUT2D eigenvalue weighted by Gasteiger charge is 2.10. The second kappa shape index (κ2) is 5.96. The van der Waals surface area contributed by atoms with E-state index in [4.69, 9.17) is 11.5 Å². The van der Waals surface area contributed by atoms with E-state index in [0.29, 0.717) is 11.6 Å². The van der Waals surface area contributed by atoms with Crippen molar-refractivity contribution in [2.75, 3.05) is 5.73 Å². The zero-order chi connectivity index (χ0) is 13.7. The van der Waals surface area contributed by atoms with Crippen LogP contribution in [-0.4, -0.2) is 6.04 Å². The Bertz CT molecular complexity index is 645. The third-order valence-electron chi connectivity index (χ3n) is 2.91. The van der Waals surface area contributed by atoms with Crippen LogP contribution in [0.15, 0.2) is 48.1 Å². The summed E-state index contributed by atoms with van der Waals surface area (Å²) in [5.74, 6) is 12.0. The molecule has 0 amide bonds. The number of benzene rings is 1. The van der Waals surface area contributed by atoms with Gasteiger partial charge in [0.05, 0.1) is 0 Å². The van der Waals surface area contributed by atoms with Crippen LogP contribution in [0.2, 0.25) is 0 Å². The maximum Gasteiger partial charge on any atom is 0.0326 e. The highest BCUT2D eigenvalue weighted by Crippen LogP contribution is 2.14. The molecular formula is C17H16N2. The zero-order valence-electron chi connectivity index (χ0n) is 10.9. The van der Waals surface area contributed by atoms with Gasteiger partial charge in [0, 0.05) is 22.9 Å². The third kappa shape index (κ3) is 3.78. The van der Waals surface area contributed by atoms with Crippen molar-refractivity contribution in [2.24, 2.45) is 11.7 Å². The summed E-state index contributed by atoms with van der Waals surface area (Å²) in [6.45, 7) is 2.08. The second-order valence-electron chi connectivity index (χ2n) is 4.54. The molecule has 1 aromatic rings. The lowest BCUT2D eigenvalue weighted by atomic mass is 9.94. The van der Waals surface area contributed by atoms with Crippen LogP contribution < -0.4 is 11.5 Å². The zero-order valence-corrected chi connectivity index (χ0v) is 10.9. The predicted octanol–water partition coefficient (Wildman–Crippen LogP) is 2.08. The fraction of sp³-hybridized carbons (Fsp3) is 0.176. The second-order valence-corrected chi connectivity index (χ2v) is 4.54. The van der Waals surface area contributed by atoms with Crippen molar-refractivity contribution in [2.45, 2.75) is 13.0 Å². The molecule has 19 heavy (non-hydrogen) atoms. The molecule has 0 saturated heterocycles. The molecule has 94 valence electrons. The minimum atomic E-state index is 0.0870. The van der Waals surface area contributed by atoms with Gasteiger partial charge in [-0.3, -0.25) is 0 Å². The Labute approximate surface area is 114 Å². The maximum atomic E-state index is 5.87. The summed E-state index contributed by atoms with van der Waals surface area (Å²) in [5, 5.41) is 0. The predicted molar refractivity (Wildman–Crippen MR) is 79.9 cm³/mol. The van der Waals surface area contributed by atoms with Gasteiger partial charge in [0.25, 0.3) is 0 Å². The summed E-state index contributed by atoms with van der Waals surface area (Å²) in [4.78, 5) is 0. The summed E-state index contributed by atoms with van der Waals surface area (Å²) in [6.07, 6.45) is 5.99. The molecule has 2 atom stereocenters. The summed E-state index contributed by atoms with van der Waals surface area (Å²) in [5.41, 5.74) is 14.1. The summed E-state index contributed by atoms with van der Waals surface area (Å²) >= 11 is 0. The van der Waals surface area contributed by atoms with Gasteiger partial charge >= 0.3 is 0 Å². The minimum absolute atomic E-state index is 0.0870. The van der Waals surface area contributed by atoms with E-state index in [1.54, 1.807) is 0 Å². The van der Waals surface area contributed by atoms with Crippen LogP contribution in [0.3, 0.4) is 0 Å². The van der Waals surface area contributed by atoms with Crippen molar-refractivity contribution < 1.29 is 0 Å². The molecule has 0 aliphatic heterocycles. The molecule has 1 aliphatic carbocycles. The highest BCUT2D eigenvalue weighted by atomic mass is 14.6. The number of allylic oxidation sites excluding steroid dienone is 2. The first-order chi connectivity index (χ1) is 9.15. The molecule has 0 heterocycles. The largest absolute Gasteiger partial charge is 0.399 e. The van der Waals surface area contributed by atoms with Gasteiger partial charge in [0.2, 0.25) is 0 Å². The van der Waals surface area contributed by atoms with Gasteiger partial charge in [-0.2, -0.15) is 0 Å². The Hall–Kier alpha value is -2.42. The Kier molecular flexibility index (Phi) is 4.08. The Morgan fingerprint density at radius 1 is 1.16 bits per heavy atom. The molecule has 1 aliphatic rings. The number of nitrogen functional groups attached to an aromatic ring is 1.